The first-order chi connectivity index (χ1) is 14.1. The molecular weight excluding hydrogens is 487 g/mol. The molecule has 0 saturated carbocycles. The lowest BCUT2D eigenvalue weighted by Gasteiger charge is -2.36. The molecule has 0 aromatic heterocycles. The monoisotopic (exact) mass is 528 g/mol. The Kier molecular flexibility index (Phi) is 10.7. The second-order valence-corrected chi connectivity index (χ2v) is 8.79. The van der Waals surface area contributed by atoms with Crippen LogP contribution in [-0.2, 0) is 0 Å². The molecule has 0 radical (unpaired) electrons. The van der Waals surface area contributed by atoms with E-state index in [1.807, 2.05) is 7.05 Å². The molecule has 2 aliphatic rings. The summed E-state index contributed by atoms with van der Waals surface area (Å²) in [6, 6.07) is 11.9. The molecule has 1 aromatic carbocycles. The van der Waals surface area contributed by atoms with Crippen LogP contribution in [0.4, 0.5) is 5.69 Å². The van der Waals surface area contributed by atoms with Crippen LogP contribution >= 0.6 is 24.0 Å². The minimum absolute atomic E-state index is 0. The van der Waals surface area contributed by atoms with E-state index in [1.165, 1.54) is 12.2 Å². The Labute approximate surface area is 200 Å². The molecule has 1 aromatic rings. The molecule has 2 unspecified atom stereocenters. The number of rotatable bonds is 7. The van der Waals surface area contributed by atoms with Crippen molar-refractivity contribution in [3.8, 4) is 0 Å². The minimum atomic E-state index is 0. The van der Waals surface area contributed by atoms with E-state index >= 15 is 0 Å². The van der Waals surface area contributed by atoms with Gasteiger partial charge in [0.05, 0.1) is 0 Å². The highest BCUT2D eigenvalue weighted by Crippen LogP contribution is 2.18. The van der Waals surface area contributed by atoms with Gasteiger partial charge < -0.3 is 15.5 Å². The lowest BCUT2D eigenvalue weighted by atomic mass is 10.1. The molecule has 2 saturated heterocycles. The molecule has 2 fully saturated rings. The molecule has 2 aliphatic heterocycles. The number of nitrogens with zero attached hydrogens (tertiary/aromatic N) is 4. The molecule has 30 heavy (non-hydrogen) atoms. The van der Waals surface area contributed by atoms with Crippen molar-refractivity contribution >= 4 is 35.6 Å². The molecule has 0 amide bonds. The summed E-state index contributed by atoms with van der Waals surface area (Å²) in [4.78, 5) is 12.1. The summed E-state index contributed by atoms with van der Waals surface area (Å²) >= 11 is 0. The average molecular weight is 529 g/mol. The van der Waals surface area contributed by atoms with E-state index in [0.717, 1.165) is 58.2 Å². The summed E-state index contributed by atoms with van der Waals surface area (Å²) in [6.07, 6.45) is 1.14. The lowest BCUT2D eigenvalue weighted by molar-refractivity contribution is 0.255. The molecule has 2 atom stereocenters. The second kappa shape index (κ2) is 12.7. The highest BCUT2D eigenvalue weighted by Gasteiger charge is 2.31. The van der Waals surface area contributed by atoms with Gasteiger partial charge in [-0.1, -0.05) is 25.1 Å². The summed E-state index contributed by atoms with van der Waals surface area (Å²) in [5, 5.41) is 7.16. The topological polar surface area (TPSA) is 46.1 Å². The summed E-state index contributed by atoms with van der Waals surface area (Å²) in [6.45, 7) is 15.8. The number of likely N-dealkylation sites (tertiary alicyclic amines) is 1. The van der Waals surface area contributed by atoms with Crippen molar-refractivity contribution in [1.29, 1.82) is 0 Å². The number of hydrogen-bond acceptors (Lipinski definition) is 4. The van der Waals surface area contributed by atoms with Crippen LogP contribution in [0, 0.1) is 5.92 Å². The number of benzene rings is 1. The number of anilines is 1. The first-order valence-corrected chi connectivity index (χ1v) is 11.3. The van der Waals surface area contributed by atoms with Crippen molar-refractivity contribution in [3.05, 3.63) is 30.3 Å². The van der Waals surface area contributed by atoms with E-state index < -0.39 is 0 Å². The third-order valence-corrected chi connectivity index (χ3v) is 6.35. The summed E-state index contributed by atoms with van der Waals surface area (Å²) in [5.41, 5.74) is 1.35. The van der Waals surface area contributed by atoms with E-state index in [4.69, 9.17) is 0 Å². The molecule has 6 nitrogen and oxygen atoms in total. The summed E-state index contributed by atoms with van der Waals surface area (Å²) in [7, 11) is 1.87. The average Bonchev–Trinajstić information content (AvgIpc) is 3.12. The van der Waals surface area contributed by atoms with Crippen LogP contribution in [0.25, 0.3) is 0 Å². The van der Waals surface area contributed by atoms with Crippen LogP contribution in [0.3, 0.4) is 0 Å². The molecule has 170 valence electrons. The van der Waals surface area contributed by atoms with Gasteiger partial charge in [0.15, 0.2) is 5.96 Å². The minimum Gasteiger partial charge on any atom is -0.369 e. The Hall–Kier alpha value is -1.06. The number of aliphatic imine (C=N–C) groups is 1. The van der Waals surface area contributed by atoms with Crippen molar-refractivity contribution in [3.63, 3.8) is 0 Å². The zero-order valence-corrected chi connectivity index (χ0v) is 21.5. The van der Waals surface area contributed by atoms with Gasteiger partial charge in [-0.3, -0.25) is 14.8 Å². The smallest absolute Gasteiger partial charge is 0.191 e. The van der Waals surface area contributed by atoms with Gasteiger partial charge in [-0.2, -0.15) is 0 Å². The molecule has 0 spiro atoms. The van der Waals surface area contributed by atoms with Gasteiger partial charge in [-0.05, 0) is 44.9 Å². The first-order valence-electron chi connectivity index (χ1n) is 11.3. The summed E-state index contributed by atoms with van der Waals surface area (Å²) < 4.78 is 0. The number of hydrogen-bond donors (Lipinski definition) is 2. The Balaban J connectivity index is 0.00000320. The second-order valence-electron chi connectivity index (χ2n) is 8.79. The van der Waals surface area contributed by atoms with E-state index in [1.54, 1.807) is 0 Å². The van der Waals surface area contributed by atoms with Crippen molar-refractivity contribution in [2.45, 2.75) is 39.3 Å². The Morgan fingerprint density at radius 3 is 2.40 bits per heavy atom. The van der Waals surface area contributed by atoms with Gasteiger partial charge >= 0.3 is 0 Å². The maximum absolute atomic E-state index is 4.44. The maximum Gasteiger partial charge on any atom is 0.191 e. The number of guanidine groups is 1. The van der Waals surface area contributed by atoms with Crippen LogP contribution in [0.15, 0.2) is 35.3 Å². The van der Waals surface area contributed by atoms with E-state index in [2.05, 4.69) is 81.4 Å². The van der Waals surface area contributed by atoms with Crippen molar-refractivity contribution in [2.24, 2.45) is 10.9 Å². The zero-order chi connectivity index (χ0) is 20.6. The van der Waals surface area contributed by atoms with Gasteiger partial charge in [0.25, 0.3) is 0 Å². The number of halogens is 1. The summed E-state index contributed by atoms with van der Waals surface area (Å²) in [5.74, 6) is 1.60. The lowest BCUT2D eigenvalue weighted by Crippen LogP contribution is -2.48. The molecule has 0 bridgehead atoms. The molecule has 3 rings (SSSR count). The van der Waals surface area contributed by atoms with Crippen LogP contribution in [0.5, 0.6) is 0 Å². The Bertz CT molecular complexity index is 630. The van der Waals surface area contributed by atoms with Crippen LogP contribution in [0.2, 0.25) is 0 Å². The third kappa shape index (κ3) is 7.27. The predicted octanol–water partition coefficient (Wildman–Crippen LogP) is 2.71. The molecule has 2 heterocycles. The third-order valence-electron chi connectivity index (χ3n) is 6.35. The van der Waals surface area contributed by atoms with Gasteiger partial charge in [-0.15, -0.1) is 24.0 Å². The van der Waals surface area contributed by atoms with Crippen LogP contribution in [0.1, 0.15) is 27.2 Å². The first kappa shape index (κ1) is 25.2. The molecule has 7 heteroatoms. The standard InChI is InChI=1S/C23H40N6.HI/c1-19(2)29-17-20(3)22(18-29)26-23(24-4)25-11-8-12-27-13-15-28(16-14-27)21-9-6-5-7-10-21;/h5-7,9-10,19-20,22H,8,11-18H2,1-4H3,(H2,24,25,26);1H. The fraction of sp³-hybridized carbons (Fsp3) is 0.696. The SMILES string of the molecule is CN=C(NCCCN1CCN(c2ccccc2)CC1)NC1CN(C(C)C)CC1C.I. The molecule has 0 aliphatic carbocycles. The van der Waals surface area contributed by atoms with Crippen molar-refractivity contribution in [1.82, 2.24) is 20.4 Å². The van der Waals surface area contributed by atoms with Gasteiger partial charge in [0.1, 0.15) is 0 Å². The quantitative estimate of drug-likeness (QED) is 0.247. The fourth-order valence-electron chi connectivity index (χ4n) is 4.36. The number of nitrogens with one attached hydrogen (secondary N) is 2. The largest absolute Gasteiger partial charge is 0.369 e. The molecule has 2 N–H and O–H groups in total. The van der Waals surface area contributed by atoms with E-state index in [-0.39, 0.29) is 24.0 Å². The van der Waals surface area contributed by atoms with Crippen molar-refractivity contribution in [2.75, 3.05) is 64.3 Å². The zero-order valence-electron chi connectivity index (χ0n) is 19.2. The highest BCUT2D eigenvalue weighted by atomic mass is 127. The van der Waals surface area contributed by atoms with Gasteiger partial charge in [0, 0.05) is 70.6 Å². The van der Waals surface area contributed by atoms with Gasteiger partial charge in [-0.25, -0.2) is 0 Å². The molecular formula is C23H41IN6. The van der Waals surface area contributed by atoms with Crippen molar-refractivity contribution < 1.29 is 0 Å². The van der Waals surface area contributed by atoms with Crippen LogP contribution in [-0.4, -0.2) is 87.2 Å². The predicted molar refractivity (Wildman–Crippen MR) is 139 cm³/mol. The normalized spacial score (nSPS) is 23.5. The fourth-order valence-corrected chi connectivity index (χ4v) is 4.36. The Morgan fingerprint density at radius 1 is 1.10 bits per heavy atom. The van der Waals surface area contributed by atoms with E-state index in [0.29, 0.717) is 18.0 Å². The van der Waals surface area contributed by atoms with E-state index in [9.17, 15) is 0 Å². The number of piperazine rings is 1. The highest BCUT2D eigenvalue weighted by molar-refractivity contribution is 14.0. The van der Waals surface area contributed by atoms with Crippen LogP contribution < -0.4 is 15.5 Å². The van der Waals surface area contributed by atoms with Gasteiger partial charge in [0.2, 0.25) is 0 Å². The maximum atomic E-state index is 4.44. The Morgan fingerprint density at radius 2 is 1.80 bits per heavy atom. The number of para-hydroxylation sites is 1.